The largest absolute Gasteiger partial charge is 0.334 e. The van der Waals surface area contributed by atoms with Gasteiger partial charge in [-0.05, 0) is 32.6 Å². The average Bonchev–Trinajstić information content (AvgIpc) is 3.12. The summed E-state index contributed by atoms with van der Waals surface area (Å²) < 4.78 is 1.66. The summed E-state index contributed by atoms with van der Waals surface area (Å²) in [6.45, 7) is 2.64. The van der Waals surface area contributed by atoms with E-state index in [0.29, 0.717) is 24.5 Å². The Morgan fingerprint density at radius 3 is 2.61 bits per heavy atom. The van der Waals surface area contributed by atoms with Crippen LogP contribution in [0.4, 0.5) is 0 Å². The summed E-state index contributed by atoms with van der Waals surface area (Å²) in [4.78, 5) is 15.1. The molecular formula is C17H23ClN4O. The van der Waals surface area contributed by atoms with Gasteiger partial charge < -0.3 is 4.90 Å². The molecule has 2 aliphatic rings. The first-order valence-corrected chi connectivity index (χ1v) is 8.79. The van der Waals surface area contributed by atoms with E-state index in [1.165, 1.54) is 0 Å². The molecule has 0 unspecified atom stereocenters. The van der Waals surface area contributed by atoms with Crippen molar-refractivity contribution in [3.63, 3.8) is 0 Å². The molecule has 1 saturated carbocycles. The van der Waals surface area contributed by atoms with Crippen molar-refractivity contribution < 1.29 is 4.79 Å². The number of likely N-dealkylation sites (tertiary alicyclic amines) is 1. The maximum atomic E-state index is 13.2. The van der Waals surface area contributed by atoms with E-state index in [1.54, 1.807) is 4.68 Å². The number of nitriles is 1. The molecule has 0 spiro atoms. The Labute approximate surface area is 142 Å². The number of carbonyl (C=O) groups is 1. The third kappa shape index (κ3) is 2.63. The Bertz CT molecular complexity index is 654. The summed E-state index contributed by atoms with van der Waals surface area (Å²) in [5.74, 6) is 0.00141. The minimum Gasteiger partial charge on any atom is -0.334 e. The van der Waals surface area contributed by atoms with E-state index in [4.69, 9.17) is 11.6 Å². The van der Waals surface area contributed by atoms with E-state index < -0.39 is 5.41 Å². The van der Waals surface area contributed by atoms with Crippen LogP contribution in [-0.4, -0.2) is 27.1 Å². The van der Waals surface area contributed by atoms with E-state index in [2.05, 4.69) is 11.2 Å². The molecule has 2 heterocycles. The van der Waals surface area contributed by atoms with Crippen LogP contribution in [-0.2, 0) is 11.8 Å². The second-order valence-corrected chi connectivity index (χ2v) is 7.18. The Kier molecular flexibility index (Phi) is 4.37. The number of rotatable bonds is 2. The molecule has 1 atom stereocenters. The quantitative estimate of drug-likeness (QED) is 0.831. The highest BCUT2D eigenvalue weighted by Crippen LogP contribution is 2.43. The van der Waals surface area contributed by atoms with Gasteiger partial charge in [0.05, 0.1) is 17.8 Å². The van der Waals surface area contributed by atoms with Gasteiger partial charge in [0.1, 0.15) is 10.6 Å². The highest BCUT2D eigenvalue weighted by molar-refractivity contribution is 6.30. The molecule has 1 aromatic heterocycles. The van der Waals surface area contributed by atoms with Gasteiger partial charge in [0.25, 0.3) is 0 Å². The van der Waals surface area contributed by atoms with Crippen LogP contribution in [0.25, 0.3) is 0 Å². The summed E-state index contributed by atoms with van der Waals surface area (Å²) in [6.07, 6.45) is 6.25. The molecule has 0 N–H and O–H groups in total. The van der Waals surface area contributed by atoms with E-state index in [0.717, 1.165) is 43.4 Å². The maximum Gasteiger partial charge on any atom is 0.243 e. The molecule has 1 aromatic rings. The zero-order chi connectivity index (χ0) is 16.6. The van der Waals surface area contributed by atoms with Crippen molar-refractivity contribution in [2.75, 3.05) is 6.54 Å². The number of hydrogen-bond donors (Lipinski definition) is 0. The first-order valence-electron chi connectivity index (χ1n) is 8.41. The molecule has 1 saturated heterocycles. The SMILES string of the molecule is Cc1nn(C)c(Cl)c1[C@@H]1CCCN1C(=O)C1(C#N)CCCCC1. The molecule has 2 fully saturated rings. The maximum absolute atomic E-state index is 13.2. The molecule has 3 rings (SSSR count). The fraction of sp³-hybridized carbons (Fsp3) is 0.706. The standard InChI is InChI=1S/C17H23ClN4O/c1-12-14(15(18)21(2)20-12)13-7-6-10-22(13)16(23)17(11-19)8-4-3-5-9-17/h13H,3-10H2,1-2H3/t13-/m0/s1. The summed E-state index contributed by atoms with van der Waals surface area (Å²) in [7, 11) is 1.82. The number of nitrogens with zero attached hydrogens (tertiary/aromatic N) is 4. The monoisotopic (exact) mass is 334 g/mol. The van der Waals surface area contributed by atoms with E-state index in [-0.39, 0.29) is 11.9 Å². The van der Waals surface area contributed by atoms with Gasteiger partial charge in [-0.2, -0.15) is 10.4 Å². The topological polar surface area (TPSA) is 61.9 Å². The molecule has 1 aliphatic heterocycles. The minimum atomic E-state index is -0.830. The molecule has 1 amide bonds. The Balaban J connectivity index is 1.92. The Hall–Kier alpha value is -1.54. The number of amides is 1. The lowest BCUT2D eigenvalue weighted by Gasteiger charge is -2.35. The molecule has 1 aliphatic carbocycles. The van der Waals surface area contributed by atoms with Crippen molar-refractivity contribution in [1.82, 2.24) is 14.7 Å². The van der Waals surface area contributed by atoms with E-state index in [1.807, 2.05) is 18.9 Å². The van der Waals surface area contributed by atoms with Gasteiger partial charge in [-0.1, -0.05) is 30.9 Å². The molecule has 5 nitrogen and oxygen atoms in total. The molecule has 6 heteroatoms. The highest BCUT2D eigenvalue weighted by Gasteiger charge is 2.46. The van der Waals surface area contributed by atoms with Gasteiger partial charge in [0.2, 0.25) is 5.91 Å². The number of carbonyl (C=O) groups excluding carboxylic acids is 1. The molecule has 0 radical (unpaired) electrons. The number of aromatic nitrogens is 2. The second-order valence-electron chi connectivity index (χ2n) is 6.82. The van der Waals surface area contributed by atoms with Crippen LogP contribution in [0.5, 0.6) is 0 Å². The zero-order valence-electron chi connectivity index (χ0n) is 13.8. The zero-order valence-corrected chi connectivity index (χ0v) is 14.6. The van der Waals surface area contributed by atoms with Crippen LogP contribution >= 0.6 is 11.6 Å². The van der Waals surface area contributed by atoms with Crippen molar-refractivity contribution in [2.24, 2.45) is 12.5 Å². The van der Waals surface area contributed by atoms with Crippen molar-refractivity contribution in [3.8, 4) is 6.07 Å². The smallest absolute Gasteiger partial charge is 0.243 e. The van der Waals surface area contributed by atoms with Crippen LogP contribution in [0.2, 0.25) is 5.15 Å². The Morgan fingerprint density at radius 1 is 1.35 bits per heavy atom. The second kappa shape index (κ2) is 6.16. The van der Waals surface area contributed by atoms with Gasteiger partial charge >= 0.3 is 0 Å². The highest BCUT2D eigenvalue weighted by atomic mass is 35.5. The predicted molar refractivity (Wildman–Crippen MR) is 87.8 cm³/mol. The third-order valence-electron chi connectivity index (χ3n) is 5.37. The van der Waals surface area contributed by atoms with Crippen LogP contribution in [0, 0.1) is 23.7 Å². The first kappa shape index (κ1) is 16.3. The fourth-order valence-corrected chi connectivity index (χ4v) is 4.44. The lowest BCUT2D eigenvalue weighted by molar-refractivity contribution is -0.141. The Morgan fingerprint density at radius 2 is 2.04 bits per heavy atom. The molecule has 124 valence electrons. The van der Waals surface area contributed by atoms with Crippen LogP contribution < -0.4 is 0 Å². The fourth-order valence-electron chi connectivity index (χ4n) is 4.14. The van der Waals surface area contributed by atoms with Crippen molar-refractivity contribution in [3.05, 3.63) is 16.4 Å². The first-order chi connectivity index (χ1) is 11.0. The number of halogens is 1. The van der Waals surface area contributed by atoms with Crippen molar-refractivity contribution in [1.29, 1.82) is 5.26 Å². The number of hydrogen-bond acceptors (Lipinski definition) is 3. The lowest BCUT2D eigenvalue weighted by Crippen LogP contribution is -2.44. The van der Waals surface area contributed by atoms with E-state index in [9.17, 15) is 10.1 Å². The van der Waals surface area contributed by atoms with Crippen LogP contribution in [0.15, 0.2) is 0 Å². The van der Waals surface area contributed by atoms with Crippen molar-refractivity contribution >= 4 is 17.5 Å². The third-order valence-corrected chi connectivity index (χ3v) is 5.82. The summed E-state index contributed by atoms with van der Waals surface area (Å²) in [6, 6.07) is 2.31. The van der Waals surface area contributed by atoms with E-state index >= 15 is 0 Å². The molecule has 0 bridgehead atoms. The summed E-state index contributed by atoms with van der Waals surface area (Å²) in [5.41, 5.74) is 0.990. The normalized spacial score (nSPS) is 23.7. The molecular weight excluding hydrogens is 312 g/mol. The molecule has 0 aromatic carbocycles. The summed E-state index contributed by atoms with van der Waals surface area (Å²) >= 11 is 6.42. The number of aryl methyl sites for hydroxylation is 2. The van der Waals surface area contributed by atoms with Gasteiger partial charge in [-0.3, -0.25) is 9.48 Å². The van der Waals surface area contributed by atoms with Gasteiger partial charge in [0, 0.05) is 19.2 Å². The van der Waals surface area contributed by atoms with Gasteiger partial charge in [0.15, 0.2) is 0 Å². The average molecular weight is 335 g/mol. The van der Waals surface area contributed by atoms with Gasteiger partial charge in [-0.25, -0.2) is 0 Å². The lowest BCUT2D eigenvalue weighted by atomic mass is 9.74. The summed E-state index contributed by atoms with van der Waals surface area (Å²) in [5, 5.41) is 14.7. The minimum absolute atomic E-state index is 0.00141. The van der Waals surface area contributed by atoms with Crippen molar-refractivity contribution in [2.45, 2.75) is 57.9 Å². The van der Waals surface area contributed by atoms with Crippen LogP contribution in [0.1, 0.15) is 62.2 Å². The van der Waals surface area contributed by atoms with Crippen LogP contribution in [0.3, 0.4) is 0 Å². The predicted octanol–water partition coefficient (Wildman–Crippen LogP) is 3.52. The molecule has 23 heavy (non-hydrogen) atoms. The van der Waals surface area contributed by atoms with Gasteiger partial charge in [-0.15, -0.1) is 0 Å².